The third-order valence-corrected chi connectivity index (χ3v) is 7.62. The van der Waals surface area contributed by atoms with E-state index < -0.39 is 5.82 Å². The summed E-state index contributed by atoms with van der Waals surface area (Å²) in [6, 6.07) is 9.91. The van der Waals surface area contributed by atoms with E-state index in [2.05, 4.69) is 59.1 Å². The highest BCUT2D eigenvalue weighted by atomic mass is 19.1. The highest BCUT2D eigenvalue weighted by molar-refractivity contribution is 6.00. The molecule has 0 spiro atoms. The summed E-state index contributed by atoms with van der Waals surface area (Å²) in [5, 5.41) is 3.13. The molecule has 6 nitrogen and oxygen atoms in total. The number of piperidine rings is 1. The van der Waals surface area contributed by atoms with Crippen molar-refractivity contribution in [3.8, 4) is 11.3 Å². The third kappa shape index (κ3) is 4.09. The first-order chi connectivity index (χ1) is 16.4. The zero-order valence-corrected chi connectivity index (χ0v) is 20.3. The molecule has 5 rings (SSSR count). The topological polar surface area (TPSA) is 66.3 Å². The minimum atomic E-state index is -0.454. The lowest BCUT2D eigenvalue weighted by atomic mass is 9.77. The van der Waals surface area contributed by atoms with E-state index in [0.717, 1.165) is 54.9 Å². The van der Waals surface area contributed by atoms with Crippen molar-refractivity contribution in [2.24, 2.45) is 4.99 Å². The monoisotopic (exact) mass is 458 g/mol. The number of pyridine rings is 1. The molecule has 1 fully saturated rings. The molecule has 1 unspecified atom stereocenters. The zero-order valence-electron chi connectivity index (χ0n) is 20.3. The van der Waals surface area contributed by atoms with Crippen LogP contribution in [0.15, 0.2) is 47.7 Å². The highest BCUT2D eigenvalue weighted by Crippen LogP contribution is 2.44. The minimum absolute atomic E-state index is 0.144. The number of hydrogen-bond acceptors (Lipinski definition) is 6. The van der Waals surface area contributed by atoms with Gasteiger partial charge in [-0.25, -0.2) is 19.3 Å². The number of aliphatic imine (C=N–C) groups is 1. The maximum Gasteiger partial charge on any atom is 0.229 e. The first kappa shape index (κ1) is 22.6. The first-order valence-corrected chi connectivity index (χ1v) is 12.0. The molecule has 0 amide bonds. The van der Waals surface area contributed by atoms with Crippen LogP contribution in [0.4, 0.5) is 21.8 Å². The van der Waals surface area contributed by atoms with Crippen LogP contribution in [-0.4, -0.2) is 45.7 Å². The molecule has 1 aromatic carbocycles. The molecule has 2 aliphatic heterocycles. The first-order valence-electron chi connectivity index (χ1n) is 12.0. The number of rotatable bonds is 5. The number of nitrogens with zero attached hydrogens (tertiary/aromatic N) is 5. The summed E-state index contributed by atoms with van der Waals surface area (Å²) in [5.41, 5.74) is 5.26. The molecule has 1 atom stereocenters. The van der Waals surface area contributed by atoms with Gasteiger partial charge in [0, 0.05) is 22.9 Å². The molecule has 0 bridgehead atoms. The molecule has 34 heavy (non-hydrogen) atoms. The van der Waals surface area contributed by atoms with Gasteiger partial charge in [-0.15, -0.1) is 0 Å². The summed E-state index contributed by atoms with van der Waals surface area (Å²) < 4.78 is 14.8. The van der Waals surface area contributed by atoms with Crippen LogP contribution in [0.2, 0.25) is 0 Å². The van der Waals surface area contributed by atoms with Crippen LogP contribution in [0.5, 0.6) is 0 Å². The number of benzene rings is 1. The number of aromatic nitrogens is 3. The van der Waals surface area contributed by atoms with E-state index in [-0.39, 0.29) is 11.1 Å². The van der Waals surface area contributed by atoms with Crippen LogP contribution in [0.3, 0.4) is 0 Å². The number of halogens is 1. The fraction of sp³-hybridized carbons (Fsp3) is 0.407. The van der Waals surface area contributed by atoms with Crippen LogP contribution in [-0.2, 0) is 5.41 Å². The average Bonchev–Trinajstić information content (AvgIpc) is 3.11. The van der Waals surface area contributed by atoms with Crippen LogP contribution < -0.4 is 5.32 Å². The standard InChI is InChI=1S/C27H31FN6/c1-5-27(3)17(2)31-23-8-6-19(14-21(23)27)25-22(28)16-30-26(33-25)32-24-9-7-20(15-29-24)18-10-12-34(4)13-11-18/h6-9,14-16,18H,5,10-13H2,1-4H3,(H,29,30,32,33). The molecular weight excluding hydrogens is 427 g/mol. The lowest BCUT2D eigenvalue weighted by molar-refractivity contribution is 0.255. The molecule has 0 aliphatic carbocycles. The van der Waals surface area contributed by atoms with Crippen LogP contribution in [0.1, 0.15) is 57.1 Å². The van der Waals surface area contributed by atoms with E-state index in [1.54, 1.807) is 0 Å². The van der Waals surface area contributed by atoms with Gasteiger partial charge in [-0.3, -0.25) is 4.99 Å². The van der Waals surface area contributed by atoms with E-state index in [1.165, 1.54) is 11.8 Å². The Bertz CT molecular complexity index is 1230. The molecule has 0 saturated carbocycles. The second kappa shape index (κ2) is 8.87. The van der Waals surface area contributed by atoms with E-state index in [4.69, 9.17) is 4.99 Å². The number of nitrogens with one attached hydrogen (secondary N) is 1. The van der Waals surface area contributed by atoms with E-state index in [9.17, 15) is 4.39 Å². The number of likely N-dealkylation sites (tertiary alicyclic amines) is 1. The Morgan fingerprint density at radius 3 is 2.62 bits per heavy atom. The minimum Gasteiger partial charge on any atom is -0.309 e. The fourth-order valence-corrected chi connectivity index (χ4v) is 4.98. The molecule has 2 aromatic heterocycles. The van der Waals surface area contributed by atoms with Crippen molar-refractivity contribution < 1.29 is 4.39 Å². The van der Waals surface area contributed by atoms with E-state index >= 15 is 0 Å². The van der Waals surface area contributed by atoms with Gasteiger partial charge in [0.05, 0.1) is 11.9 Å². The summed E-state index contributed by atoms with van der Waals surface area (Å²) in [6.45, 7) is 8.62. The van der Waals surface area contributed by atoms with Gasteiger partial charge >= 0.3 is 0 Å². The van der Waals surface area contributed by atoms with Gasteiger partial charge in [0.25, 0.3) is 0 Å². The van der Waals surface area contributed by atoms with Gasteiger partial charge in [-0.1, -0.05) is 26.0 Å². The Kier molecular flexibility index (Phi) is 5.90. The number of anilines is 2. The molecule has 1 N–H and O–H groups in total. The fourth-order valence-electron chi connectivity index (χ4n) is 4.98. The maximum atomic E-state index is 14.8. The van der Waals surface area contributed by atoms with E-state index in [1.807, 2.05) is 30.5 Å². The molecule has 2 aliphatic rings. The molecule has 7 heteroatoms. The number of fused-ring (bicyclic) bond motifs is 1. The summed E-state index contributed by atoms with van der Waals surface area (Å²) in [6.07, 6.45) is 6.37. The molecule has 3 aromatic rings. The van der Waals surface area contributed by atoms with Gasteiger partial charge in [0.2, 0.25) is 5.95 Å². The summed E-state index contributed by atoms with van der Waals surface area (Å²) in [4.78, 5) is 20.3. The molecule has 0 radical (unpaired) electrons. The van der Waals surface area contributed by atoms with Crippen molar-refractivity contribution in [1.82, 2.24) is 19.9 Å². The van der Waals surface area contributed by atoms with Crippen molar-refractivity contribution in [1.29, 1.82) is 0 Å². The van der Waals surface area contributed by atoms with Crippen molar-refractivity contribution >= 4 is 23.2 Å². The van der Waals surface area contributed by atoms with Gasteiger partial charge in [0.1, 0.15) is 11.5 Å². The lowest BCUT2D eigenvalue weighted by Gasteiger charge is -2.29. The lowest BCUT2D eigenvalue weighted by Crippen LogP contribution is -2.29. The Morgan fingerprint density at radius 1 is 1.12 bits per heavy atom. The van der Waals surface area contributed by atoms with Crippen LogP contribution in [0, 0.1) is 5.82 Å². The molecule has 4 heterocycles. The Labute approximate surface area is 200 Å². The van der Waals surface area contributed by atoms with Crippen molar-refractivity contribution in [3.05, 3.63) is 59.7 Å². The Morgan fingerprint density at radius 2 is 1.91 bits per heavy atom. The summed E-state index contributed by atoms with van der Waals surface area (Å²) >= 11 is 0. The van der Waals surface area contributed by atoms with Crippen molar-refractivity contribution in [3.63, 3.8) is 0 Å². The molecule has 1 saturated heterocycles. The quantitative estimate of drug-likeness (QED) is 0.508. The van der Waals surface area contributed by atoms with Gasteiger partial charge in [-0.2, -0.15) is 0 Å². The predicted molar refractivity (Wildman–Crippen MR) is 135 cm³/mol. The summed E-state index contributed by atoms with van der Waals surface area (Å²) in [7, 11) is 2.17. The normalized spacial score (nSPS) is 20.8. The summed E-state index contributed by atoms with van der Waals surface area (Å²) in [5.74, 6) is 1.06. The highest BCUT2D eigenvalue weighted by Gasteiger charge is 2.35. The predicted octanol–water partition coefficient (Wildman–Crippen LogP) is 6.00. The maximum absolute atomic E-state index is 14.8. The van der Waals surface area contributed by atoms with E-state index in [0.29, 0.717) is 17.7 Å². The second-order valence-electron chi connectivity index (χ2n) is 9.68. The molecule has 176 valence electrons. The zero-order chi connectivity index (χ0) is 23.9. The SMILES string of the molecule is CCC1(C)C(C)=Nc2ccc(-c3nc(Nc4ccc(C5CCN(C)CC5)cn4)ncc3F)cc21. The van der Waals surface area contributed by atoms with Gasteiger partial charge in [0.15, 0.2) is 5.82 Å². The van der Waals surface area contributed by atoms with Crippen LogP contribution in [0.25, 0.3) is 11.3 Å². The third-order valence-electron chi connectivity index (χ3n) is 7.62. The number of hydrogen-bond donors (Lipinski definition) is 1. The average molecular weight is 459 g/mol. The van der Waals surface area contributed by atoms with Gasteiger partial charge < -0.3 is 10.2 Å². The van der Waals surface area contributed by atoms with Crippen molar-refractivity contribution in [2.75, 3.05) is 25.5 Å². The second-order valence-corrected chi connectivity index (χ2v) is 9.68. The molecular formula is C27H31FN6. The largest absolute Gasteiger partial charge is 0.309 e. The van der Waals surface area contributed by atoms with Crippen molar-refractivity contribution in [2.45, 2.75) is 51.4 Å². The Hall–Kier alpha value is -3.19. The smallest absolute Gasteiger partial charge is 0.229 e. The van der Waals surface area contributed by atoms with Gasteiger partial charge in [-0.05, 0) is 81.6 Å². The van der Waals surface area contributed by atoms with Crippen LogP contribution >= 0.6 is 0 Å². The Balaban J connectivity index is 1.37.